The molecule has 1 saturated heterocycles. The molecule has 5 rings (SSSR count). The Morgan fingerprint density at radius 2 is 2.06 bits per heavy atom. The van der Waals surface area contributed by atoms with Crippen LogP contribution in [0.1, 0.15) is 43.1 Å². The van der Waals surface area contributed by atoms with Crippen molar-refractivity contribution < 1.29 is 18.8 Å². The summed E-state index contributed by atoms with van der Waals surface area (Å²) >= 11 is 0. The third-order valence-electron chi connectivity index (χ3n) is 6.45. The number of nitrogens with zero attached hydrogens (tertiary/aromatic N) is 3. The monoisotopic (exact) mass is 446 g/mol. The number of carbonyl (C=O) groups excluding carboxylic acids is 2. The Bertz CT molecular complexity index is 1170. The molecule has 1 atom stereocenters. The zero-order chi connectivity index (χ0) is 22.8. The quantitative estimate of drug-likeness (QED) is 0.595. The van der Waals surface area contributed by atoms with Gasteiger partial charge in [-0.1, -0.05) is 41.9 Å². The van der Waals surface area contributed by atoms with E-state index in [0.717, 1.165) is 35.4 Å². The van der Waals surface area contributed by atoms with Crippen LogP contribution in [-0.2, 0) is 16.1 Å². The number of rotatable bonds is 7. The molecule has 1 saturated carbocycles. The van der Waals surface area contributed by atoms with Crippen molar-refractivity contribution in [3.63, 3.8) is 0 Å². The summed E-state index contributed by atoms with van der Waals surface area (Å²) in [6, 6.07) is 15.1. The molecule has 1 aromatic heterocycles. The van der Waals surface area contributed by atoms with Gasteiger partial charge in [-0.2, -0.15) is 4.98 Å². The van der Waals surface area contributed by atoms with Gasteiger partial charge in [-0.3, -0.25) is 9.59 Å². The molecule has 1 N–H and O–H groups in total. The van der Waals surface area contributed by atoms with Gasteiger partial charge in [0.2, 0.25) is 23.5 Å². The van der Waals surface area contributed by atoms with Crippen LogP contribution in [0, 0.1) is 5.92 Å². The molecule has 1 aliphatic heterocycles. The Hall–Kier alpha value is -3.68. The van der Waals surface area contributed by atoms with E-state index in [2.05, 4.69) is 15.5 Å². The Kier molecular flexibility index (Phi) is 5.81. The van der Waals surface area contributed by atoms with Crippen LogP contribution in [0.5, 0.6) is 5.75 Å². The molecule has 2 amide bonds. The molecule has 0 unspecified atom stereocenters. The topological polar surface area (TPSA) is 97.6 Å². The van der Waals surface area contributed by atoms with E-state index in [1.54, 1.807) is 12.0 Å². The predicted molar refractivity (Wildman–Crippen MR) is 122 cm³/mol. The summed E-state index contributed by atoms with van der Waals surface area (Å²) in [5.74, 6) is 1.67. The van der Waals surface area contributed by atoms with Gasteiger partial charge in [-0.25, -0.2) is 0 Å². The van der Waals surface area contributed by atoms with E-state index in [1.165, 1.54) is 6.42 Å². The summed E-state index contributed by atoms with van der Waals surface area (Å²) < 4.78 is 10.8. The predicted octanol–water partition coefficient (Wildman–Crippen LogP) is 3.68. The molecule has 1 aliphatic carbocycles. The fraction of sp³-hybridized carbons (Fsp3) is 0.360. The first-order valence-corrected chi connectivity index (χ1v) is 11.3. The lowest BCUT2D eigenvalue weighted by molar-refractivity contribution is -0.126. The first-order chi connectivity index (χ1) is 16.1. The first-order valence-electron chi connectivity index (χ1n) is 11.3. The minimum Gasteiger partial charge on any atom is -0.496 e. The highest BCUT2D eigenvalue weighted by Crippen LogP contribution is 2.36. The molecule has 33 heavy (non-hydrogen) atoms. The highest BCUT2D eigenvalue weighted by atomic mass is 16.5. The van der Waals surface area contributed by atoms with Gasteiger partial charge in [0.25, 0.3) is 0 Å². The third kappa shape index (κ3) is 4.33. The van der Waals surface area contributed by atoms with E-state index >= 15 is 0 Å². The summed E-state index contributed by atoms with van der Waals surface area (Å²) in [6.45, 7) is 0.684. The largest absolute Gasteiger partial charge is 0.496 e. The smallest absolute Gasteiger partial charge is 0.230 e. The summed E-state index contributed by atoms with van der Waals surface area (Å²) in [6.07, 6.45) is 3.55. The maximum atomic E-state index is 12.8. The van der Waals surface area contributed by atoms with E-state index < -0.39 is 5.92 Å². The molecule has 8 heteroatoms. The Labute approximate surface area is 191 Å². The molecule has 0 spiro atoms. The zero-order valence-electron chi connectivity index (χ0n) is 18.5. The van der Waals surface area contributed by atoms with Gasteiger partial charge in [0.15, 0.2) is 0 Å². The Morgan fingerprint density at radius 3 is 2.85 bits per heavy atom. The van der Waals surface area contributed by atoms with Crippen molar-refractivity contribution in [1.29, 1.82) is 0 Å². The number of carbonyl (C=O) groups is 2. The van der Waals surface area contributed by atoms with Crippen LogP contribution >= 0.6 is 0 Å². The van der Waals surface area contributed by atoms with Crippen molar-refractivity contribution in [2.24, 2.45) is 5.92 Å². The number of hydrogen-bond acceptors (Lipinski definition) is 6. The van der Waals surface area contributed by atoms with Crippen LogP contribution in [0.25, 0.3) is 11.4 Å². The van der Waals surface area contributed by atoms with E-state index in [4.69, 9.17) is 9.26 Å². The normalized spacial score (nSPS) is 18.3. The van der Waals surface area contributed by atoms with Gasteiger partial charge >= 0.3 is 0 Å². The van der Waals surface area contributed by atoms with Crippen molar-refractivity contribution in [3.8, 4) is 17.1 Å². The number of methoxy groups -OCH3 is 1. The van der Waals surface area contributed by atoms with Crippen LogP contribution in [-0.4, -0.2) is 35.6 Å². The number of nitrogens with one attached hydrogen (secondary N) is 1. The number of benzene rings is 2. The molecular formula is C25H26N4O4. The first kappa shape index (κ1) is 21.2. The van der Waals surface area contributed by atoms with Crippen LogP contribution in [0.4, 0.5) is 5.69 Å². The molecule has 2 fully saturated rings. The number of hydrogen-bond donors (Lipinski definition) is 1. The number of ether oxygens (including phenoxy) is 1. The Morgan fingerprint density at radius 1 is 1.21 bits per heavy atom. The lowest BCUT2D eigenvalue weighted by Crippen LogP contribution is -2.32. The molecular weight excluding hydrogens is 420 g/mol. The zero-order valence-corrected chi connectivity index (χ0v) is 18.5. The van der Waals surface area contributed by atoms with Gasteiger partial charge in [0, 0.05) is 42.2 Å². The Balaban J connectivity index is 1.25. The van der Waals surface area contributed by atoms with Gasteiger partial charge in [-0.15, -0.1) is 0 Å². The highest BCUT2D eigenvalue weighted by Gasteiger charge is 2.35. The van der Waals surface area contributed by atoms with Crippen LogP contribution in [0.15, 0.2) is 53.1 Å². The van der Waals surface area contributed by atoms with Crippen molar-refractivity contribution in [2.75, 3.05) is 18.6 Å². The van der Waals surface area contributed by atoms with E-state index in [1.807, 2.05) is 48.5 Å². The maximum absolute atomic E-state index is 12.8. The average Bonchev–Trinajstić information content (AvgIpc) is 3.44. The molecule has 0 radical (unpaired) electrons. The lowest BCUT2D eigenvalue weighted by atomic mass is 9.85. The summed E-state index contributed by atoms with van der Waals surface area (Å²) in [5.41, 5.74) is 2.41. The fourth-order valence-electron chi connectivity index (χ4n) is 4.29. The average molecular weight is 447 g/mol. The SMILES string of the molecule is COc1ccccc1CNC(=O)[C@H]1CC(=O)N(c2cccc(-c3noc(C4CCC4)n3)c2)C1. The molecule has 2 aliphatic rings. The molecule has 0 bridgehead atoms. The number of aromatic nitrogens is 2. The van der Waals surface area contributed by atoms with Gasteiger partial charge in [-0.05, 0) is 31.0 Å². The lowest BCUT2D eigenvalue weighted by Gasteiger charge is -2.20. The summed E-state index contributed by atoms with van der Waals surface area (Å²) in [7, 11) is 1.60. The van der Waals surface area contributed by atoms with Crippen LogP contribution < -0.4 is 15.0 Å². The molecule has 8 nitrogen and oxygen atoms in total. The van der Waals surface area contributed by atoms with Crippen LogP contribution in [0.3, 0.4) is 0 Å². The third-order valence-corrected chi connectivity index (χ3v) is 6.45. The second-order valence-electron chi connectivity index (χ2n) is 8.57. The van der Waals surface area contributed by atoms with E-state index in [0.29, 0.717) is 30.7 Å². The van der Waals surface area contributed by atoms with E-state index in [9.17, 15) is 9.59 Å². The van der Waals surface area contributed by atoms with Gasteiger partial charge in [0.05, 0.1) is 13.0 Å². The van der Waals surface area contributed by atoms with Crippen molar-refractivity contribution in [3.05, 3.63) is 60.0 Å². The molecule has 170 valence electrons. The summed E-state index contributed by atoms with van der Waals surface area (Å²) in [4.78, 5) is 31.7. The highest BCUT2D eigenvalue weighted by molar-refractivity contribution is 6.00. The summed E-state index contributed by atoms with van der Waals surface area (Å²) in [5, 5.41) is 7.06. The fourth-order valence-corrected chi connectivity index (χ4v) is 4.29. The molecule has 2 heterocycles. The van der Waals surface area contributed by atoms with Gasteiger partial charge < -0.3 is 19.5 Å². The van der Waals surface area contributed by atoms with Crippen molar-refractivity contribution in [2.45, 2.75) is 38.1 Å². The van der Waals surface area contributed by atoms with Crippen molar-refractivity contribution >= 4 is 17.5 Å². The second-order valence-corrected chi connectivity index (χ2v) is 8.57. The van der Waals surface area contributed by atoms with Crippen LogP contribution in [0.2, 0.25) is 0 Å². The molecule has 2 aromatic carbocycles. The standard InChI is InChI=1S/C25H26N4O4/c1-32-21-11-3-2-6-18(21)14-26-24(31)19-13-22(30)29(15-19)20-10-5-9-17(12-20)23-27-25(33-28-23)16-7-4-8-16/h2-3,5-6,9-12,16,19H,4,7-8,13-15H2,1H3,(H,26,31)/t19-/m0/s1. The maximum Gasteiger partial charge on any atom is 0.230 e. The van der Waals surface area contributed by atoms with E-state index in [-0.39, 0.29) is 18.2 Å². The molecule has 3 aromatic rings. The van der Waals surface area contributed by atoms with Gasteiger partial charge in [0.1, 0.15) is 5.75 Å². The number of amides is 2. The van der Waals surface area contributed by atoms with Crippen molar-refractivity contribution in [1.82, 2.24) is 15.5 Å². The minimum atomic E-state index is -0.411. The number of anilines is 1. The minimum absolute atomic E-state index is 0.0761. The second kappa shape index (κ2) is 9.05. The number of para-hydroxylation sites is 1.